The van der Waals surface area contributed by atoms with E-state index in [2.05, 4.69) is 11.4 Å². The molecule has 2 unspecified atom stereocenters. The lowest BCUT2D eigenvalue weighted by molar-refractivity contribution is 0.0510. The molecule has 5 nitrogen and oxygen atoms in total. The quantitative estimate of drug-likeness (QED) is 0.842. The van der Waals surface area contributed by atoms with Gasteiger partial charge in [-0.3, -0.25) is 9.69 Å². The Hall–Kier alpha value is -3.08. The van der Waals surface area contributed by atoms with Crippen LogP contribution < -0.4 is 5.32 Å². The molecule has 1 N–H and O–H groups in total. The molecule has 1 fully saturated rings. The van der Waals surface area contributed by atoms with Crippen molar-refractivity contribution in [2.24, 2.45) is 0 Å². The van der Waals surface area contributed by atoms with Crippen LogP contribution >= 0.6 is 0 Å². The number of fused-ring (bicyclic) bond motifs is 2. The van der Waals surface area contributed by atoms with Gasteiger partial charge in [-0.15, -0.1) is 0 Å². The van der Waals surface area contributed by atoms with Crippen LogP contribution in [-0.4, -0.2) is 36.0 Å². The van der Waals surface area contributed by atoms with Crippen LogP contribution in [0.15, 0.2) is 60.7 Å². The maximum Gasteiger partial charge on any atom is 0.410 e. The highest BCUT2D eigenvalue weighted by Crippen LogP contribution is 2.37. The predicted molar refractivity (Wildman–Crippen MR) is 112 cm³/mol. The van der Waals surface area contributed by atoms with E-state index in [1.165, 1.54) is 5.57 Å². The molecule has 2 aromatic carbocycles. The van der Waals surface area contributed by atoms with Crippen molar-refractivity contribution in [2.45, 2.75) is 44.4 Å². The molecule has 1 saturated heterocycles. The van der Waals surface area contributed by atoms with Crippen LogP contribution in [0.4, 0.5) is 4.79 Å². The monoisotopic (exact) mass is 390 g/mol. The lowest BCUT2D eigenvalue weighted by atomic mass is 9.83. The molecule has 2 aliphatic heterocycles. The van der Waals surface area contributed by atoms with Gasteiger partial charge in [-0.25, -0.2) is 4.79 Å². The molecule has 2 bridgehead atoms. The van der Waals surface area contributed by atoms with Crippen LogP contribution in [0, 0.1) is 0 Å². The van der Waals surface area contributed by atoms with Crippen LogP contribution in [0.25, 0.3) is 5.57 Å². The molecule has 5 heteroatoms. The number of nitrogens with zero attached hydrogens (tertiary/aromatic N) is 1. The highest BCUT2D eigenvalue weighted by atomic mass is 16.6. The molecule has 0 spiro atoms. The van der Waals surface area contributed by atoms with Crippen molar-refractivity contribution in [3.63, 3.8) is 0 Å². The number of carbonyl (C=O) groups excluding carboxylic acids is 2. The first-order chi connectivity index (χ1) is 14.2. The number of hydrogen-bond donors (Lipinski definition) is 1. The Morgan fingerprint density at radius 2 is 1.83 bits per heavy atom. The van der Waals surface area contributed by atoms with E-state index in [0.29, 0.717) is 12.2 Å². The summed E-state index contributed by atoms with van der Waals surface area (Å²) in [5.41, 5.74) is 4.01. The summed E-state index contributed by atoms with van der Waals surface area (Å²) in [7, 11) is 1.63. The van der Waals surface area contributed by atoms with Gasteiger partial charge in [0.15, 0.2) is 0 Å². The third-order valence-electron chi connectivity index (χ3n) is 5.80. The molecule has 0 aliphatic carbocycles. The Labute approximate surface area is 171 Å². The summed E-state index contributed by atoms with van der Waals surface area (Å²) in [6.07, 6.45) is 5.86. The largest absolute Gasteiger partial charge is 0.445 e. The third-order valence-corrected chi connectivity index (χ3v) is 5.80. The van der Waals surface area contributed by atoms with Gasteiger partial charge in [0.1, 0.15) is 6.61 Å². The van der Waals surface area contributed by atoms with E-state index < -0.39 is 0 Å². The van der Waals surface area contributed by atoms with Crippen LogP contribution in [0.1, 0.15) is 47.2 Å². The van der Waals surface area contributed by atoms with Gasteiger partial charge >= 0.3 is 6.09 Å². The van der Waals surface area contributed by atoms with E-state index >= 15 is 0 Å². The van der Waals surface area contributed by atoms with Gasteiger partial charge in [-0.05, 0) is 54.5 Å². The van der Waals surface area contributed by atoms with Gasteiger partial charge in [0.25, 0.3) is 5.91 Å². The zero-order valence-electron chi connectivity index (χ0n) is 16.6. The van der Waals surface area contributed by atoms with Crippen molar-refractivity contribution in [3.05, 3.63) is 77.4 Å². The molecule has 0 aromatic heterocycles. The van der Waals surface area contributed by atoms with E-state index in [9.17, 15) is 9.59 Å². The molecule has 2 heterocycles. The van der Waals surface area contributed by atoms with Crippen molar-refractivity contribution < 1.29 is 14.3 Å². The zero-order valence-corrected chi connectivity index (χ0v) is 16.6. The fourth-order valence-electron chi connectivity index (χ4n) is 4.30. The molecule has 2 aromatic rings. The van der Waals surface area contributed by atoms with Gasteiger partial charge in [0.05, 0.1) is 6.04 Å². The maximum absolute atomic E-state index is 12.8. The highest BCUT2D eigenvalue weighted by Gasteiger charge is 2.38. The lowest BCUT2D eigenvalue weighted by Gasteiger charge is -2.44. The van der Waals surface area contributed by atoms with E-state index in [-0.39, 0.29) is 24.1 Å². The van der Waals surface area contributed by atoms with Crippen molar-refractivity contribution in [3.8, 4) is 0 Å². The number of ether oxygens (including phenoxy) is 1. The third kappa shape index (κ3) is 4.19. The van der Waals surface area contributed by atoms with Crippen molar-refractivity contribution >= 4 is 17.6 Å². The second-order valence-corrected chi connectivity index (χ2v) is 7.65. The summed E-state index contributed by atoms with van der Waals surface area (Å²) >= 11 is 0. The molecule has 29 heavy (non-hydrogen) atoms. The van der Waals surface area contributed by atoms with Gasteiger partial charge in [0.2, 0.25) is 0 Å². The average molecular weight is 390 g/mol. The normalized spacial score (nSPS) is 20.6. The lowest BCUT2D eigenvalue weighted by Crippen LogP contribution is -2.51. The number of rotatable bonds is 4. The van der Waals surface area contributed by atoms with Crippen molar-refractivity contribution in [1.29, 1.82) is 0 Å². The second-order valence-electron chi connectivity index (χ2n) is 7.65. The minimum Gasteiger partial charge on any atom is -0.445 e. The standard InChI is InChI=1S/C24H26N2O3/c1-25-23(27)19-12-10-18(11-13-19)20-14-21-8-5-9-22(15-20)26(21)24(28)29-16-17-6-3-2-4-7-17/h2-4,6-7,10-14,21-22H,5,8-9,15-16H2,1H3,(H,25,27). The molecule has 2 amide bonds. The van der Waals surface area contributed by atoms with Crippen LogP contribution in [0.5, 0.6) is 0 Å². The van der Waals surface area contributed by atoms with E-state index in [0.717, 1.165) is 36.8 Å². The zero-order chi connectivity index (χ0) is 20.2. The van der Waals surface area contributed by atoms with E-state index in [1.807, 2.05) is 59.5 Å². The number of nitrogens with one attached hydrogen (secondary N) is 1. The Morgan fingerprint density at radius 1 is 1.07 bits per heavy atom. The first kappa shape index (κ1) is 19.2. The molecule has 2 atom stereocenters. The SMILES string of the molecule is CNC(=O)c1ccc(C2=CC3CCCC(C2)N3C(=O)OCc2ccccc2)cc1. The Balaban J connectivity index is 1.48. The maximum atomic E-state index is 12.8. The average Bonchev–Trinajstić information content (AvgIpc) is 2.77. The molecule has 150 valence electrons. The number of piperidine rings is 1. The molecular weight excluding hydrogens is 364 g/mol. The number of benzene rings is 2. The topological polar surface area (TPSA) is 58.6 Å². The summed E-state index contributed by atoms with van der Waals surface area (Å²) < 4.78 is 5.61. The number of hydrogen-bond acceptors (Lipinski definition) is 3. The Bertz CT molecular complexity index is 905. The van der Waals surface area contributed by atoms with Gasteiger partial charge < -0.3 is 10.1 Å². The van der Waals surface area contributed by atoms with Gasteiger partial charge in [0, 0.05) is 18.7 Å². The fraction of sp³-hybridized carbons (Fsp3) is 0.333. The minimum atomic E-state index is -0.228. The van der Waals surface area contributed by atoms with Crippen molar-refractivity contribution in [2.75, 3.05) is 7.05 Å². The second kappa shape index (κ2) is 8.52. The molecule has 0 saturated carbocycles. The summed E-state index contributed by atoms with van der Waals surface area (Å²) in [4.78, 5) is 26.5. The molecule has 2 aliphatic rings. The van der Waals surface area contributed by atoms with Crippen LogP contribution in [-0.2, 0) is 11.3 Å². The first-order valence-electron chi connectivity index (χ1n) is 10.2. The van der Waals surface area contributed by atoms with Crippen LogP contribution in [0.2, 0.25) is 0 Å². The molecule has 0 radical (unpaired) electrons. The van der Waals surface area contributed by atoms with Crippen LogP contribution in [0.3, 0.4) is 0 Å². The van der Waals surface area contributed by atoms with Gasteiger partial charge in [-0.2, -0.15) is 0 Å². The van der Waals surface area contributed by atoms with Crippen molar-refractivity contribution in [1.82, 2.24) is 10.2 Å². The molecule has 4 rings (SSSR count). The fourth-order valence-corrected chi connectivity index (χ4v) is 4.30. The summed E-state index contributed by atoms with van der Waals surface area (Å²) in [6, 6.07) is 17.7. The number of amides is 2. The Morgan fingerprint density at radius 3 is 2.52 bits per heavy atom. The van der Waals surface area contributed by atoms with E-state index in [1.54, 1.807) is 7.05 Å². The smallest absolute Gasteiger partial charge is 0.410 e. The minimum absolute atomic E-state index is 0.0689. The Kier molecular flexibility index (Phi) is 5.65. The van der Waals surface area contributed by atoms with Gasteiger partial charge in [-0.1, -0.05) is 48.5 Å². The number of carbonyl (C=O) groups is 2. The summed E-state index contributed by atoms with van der Waals surface area (Å²) in [6.45, 7) is 0.299. The predicted octanol–water partition coefficient (Wildman–Crippen LogP) is 4.39. The first-order valence-corrected chi connectivity index (χ1v) is 10.2. The molecular formula is C24H26N2O3. The van der Waals surface area contributed by atoms with E-state index in [4.69, 9.17) is 4.74 Å². The highest BCUT2D eigenvalue weighted by molar-refractivity contribution is 5.94. The summed E-state index contributed by atoms with van der Waals surface area (Å²) in [5.74, 6) is -0.0848. The summed E-state index contributed by atoms with van der Waals surface area (Å²) in [5, 5.41) is 2.64.